The summed E-state index contributed by atoms with van der Waals surface area (Å²) in [4.78, 5) is 34.3. The summed E-state index contributed by atoms with van der Waals surface area (Å²) in [6.45, 7) is 3.03. The Labute approximate surface area is 118 Å². The molecule has 0 N–H and O–H groups in total. The molecule has 1 aromatic rings. The van der Waals surface area contributed by atoms with Crippen LogP contribution in [0.5, 0.6) is 0 Å². The summed E-state index contributed by atoms with van der Waals surface area (Å²) in [6, 6.07) is 2.90. The van der Waals surface area contributed by atoms with E-state index in [0.29, 0.717) is 4.47 Å². The average Bonchev–Trinajstić information content (AvgIpc) is 2.34. The molecule has 0 spiro atoms. The molecule has 0 bridgehead atoms. The van der Waals surface area contributed by atoms with Crippen LogP contribution in [0.4, 0.5) is 0 Å². The number of nitrogens with zero attached hydrogens (tertiary/aromatic N) is 1. The number of hydrogen-bond donors (Lipinski definition) is 0. The standard InChI is InChI=1S/C12H14BrNO5/c1-3-18-12(17)8(2)19-11(16)7-14-6-9(13)4-5-10(14)15/h4-6,8H,3,7H2,1-2H3/t8-/m0/s1. The third-order valence-electron chi connectivity index (χ3n) is 2.17. The fraction of sp³-hybridized carbons (Fsp3) is 0.417. The zero-order valence-corrected chi connectivity index (χ0v) is 12.2. The van der Waals surface area contributed by atoms with Gasteiger partial charge in [-0.3, -0.25) is 9.59 Å². The highest BCUT2D eigenvalue weighted by molar-refractivity contribution is 9.10. The van der Waals surface area contributed by atoms with E-state index in [9.17, 15) is 14.4 Å². The number of halogens is 1. The van der Waals surface area contributed by atoms with E-state index in [1.807, 2.05) is 0 Å². The Balaban J connectivity index is 2.63. The van der Waals surface area contributed by atoms with Crippen LogP contribution in [0.15, 0.2) is 27.6 Å². The van der Waals surface area contributed by atoms with E-state index >= 15 is 0 Å². The largest absolute Gasteiger partial charge is 0.463 e. The predicted molar refractivity (Wildman–Crippen MR) is 70.6 cm³/mol. The monoisotopic (exact) mass is 331 g/mol. The lowest BCUT2D eigenvalue weighted by atomic mass is 10.4. The fourth-order valence-corrected chi connectivity index (χ4v) is 1.69. The molecule has 0 fully saturated rings. The van der Waals surface area contributed by atoms with Crippen LogP contribution in [0.2, 0.25) is 0 Å². The van der Waals surface area contributed by atoms with E-state index in [4.69, 9.17) is 9.47 Å². The second kappa shape index (κ2) is 7.08. The van der Waals surface area contributed by atoms with Crippen LogP contribution in [-0.2, 0) is 25.6 Å². The van der Waals surface area contributed by atoms with Crippen LogP contribution in [0.1, 0.15) is 13.8 Å². The Hall–Kier alpha value is -1.63. The third-order valence-corrected chi connectivity index (χ3v) is 2.64. The minimum Gasteiger partial charge on any atom is -0.463 e. The van der Waals surface area contributed by atoms with Gasteiger partial charge in [-0.1, -0.05) is 0 Å². The molecule has 0 saturated carbocycles. The summed E-state index contributed by atoms with van der Waals surface area (Å²) in [6.07, 6.45) is 0.480. The van der Waals surface area contributed by atoms with Gasteiger partial charge in [0.2, 0.25) is 0 Å². The van der Waals surface area contributed by atoms with Gasteiger partial charge in [-0.2, -0.15) is 0 Å². The molecule has 1 atom stereocenters. The lowest BCUT2D eigenvalue weighted by Crippen LogP contribution is -2.30. The molecule has 0 aliphatic carbocycles. The molecular formula is C12H14BrNO5. The molecule has 19 heavy (non-hydrogen) atoms. The quantitative estimate of drug-likeness (QED) is 0.755. The number of esters is 2. The van der Waals surface area contributed by atoms with E-state index in [1.165, 1.54) is 23.8 Å². The first-order chi connectivity index (χ1) is 8.93. The van der Waals surface area contributed by atoms with E-state index in [0.717, 1.165) is 0 Å². The molecule has 6 nitrogen and oxygen atoms in total. The van der Waals surface area contributed by atoms with E-state index in [1.54, 1.807) is 13.0 Å². The SMILES string of the molecule is CCOC(=O)[C@H](C)OC(=O)Cn1cc(Br)ccc1=O. The summed E-state index contributed by atoms with van der Waals surface area (Å²) < 4.78 is 11.4. The number of carbonyl (C=O) groups excluding carboxylic acids is 2. The molecule has 1 aromatic heterocycles. The minimum atomic E-state index is -0.990. The molecule has 1 heterocycles. The van der Waals surface area contributed by atoms with Crippen molar-refractivity contribution in [2.75, 3.05) is 6.61 Å². The van der Waals surface area contributed by atoms with Crippen LogP contribution in [-0.4, -0.2) is 29.2 Å². The maximum Gasteiger partial charge on any atom is 0.347 e. The Bertz CT molecular complexity index is 525. The smallest absolute Gasteiger partial charge is 0.347 e. The Kier molecular flexibility index (Phi) is 5.75. The van der Waals surface area contributed by atoms with Crippen molar-refractivity contribution >= 4 is 27.9 Å². The van der Waals surface area contributed by atoms with Crippen molar-refractivity contribution in [1.29, 1.82) is 0 Å². The molecule has 7 heteroatoms. The highest BCUT2D eigenvalue weighted by atomic mass is 79.9. The highest BCUT2D eigenvalue weighted by Crippen LogP contribution is 2.05. The van der Waals surface area contributed by atoms with Crippen molar-refractivity contribution in [3.05, 3.63) is 33.2 Å². The number of rotatable bonds is 5. The van der Waals surface area contributed by atoms with Crippen molar-refractivity contribution in [3.63, 3.8) is 0 Å². The first-order valence-electron chi connectivity index (χ1n) is 5.66. The second-order valence-electron chi connectivity index (χ2n) is 3.70. The van der Waals surface area contributed by atoms with Crippen LogP contribution in [0.3, 0.4) is 0 Å². The highest BCUT2D eigenvalue weighted by Gasteiger charge is 2.19. The van der Waals surface area contributed by atoms with Crippen molar-refractivity contribution in [2.45, 2.75) is 26.5 Å². The summed E-state index contributed by atoms with van der Waals surface area (Å²) in [5.41, 5.74) is -0.330. The minimum absolute atomic E-state index is 0.214. The topological polar surface area (TPSA) is 74.6 Å². The first-order valence-corrected chi connectivity index (χ1v) is 6.45. The van der Waals surface area contributed by atoms with Crippen LogP contribution < -0.4 is 5.56 Å². The summed E-state index contributed by atoms with van der Waals surface area (Å²) in [5.74, 6) is -1.29. The van der Waals surface area contributed by atoms with E-state index in [2.05, 4.69) is 15.9 Å². The summed E-state index contributed by atoms with van der Waals surface area (Å²) in [5, 5.41) is 0. The molecule has 0 aromatic carbocycles. The Morgan fingerprint density at radius 3 is 2.74 bits per heavy atom. The van der Waals surface area contributed by atoms with Crippen LogP contribution in [0.25, 0.3) is 0 Å². The van der Waals surface area contributed by atoms with Crippen LogP contribution in [0, 0.1) is 0 Å². The van der Waals surface area contributed by atoms with Gasteiger partial charge in [0.25, 0.3) is 5.56 Å². The molecular weight excluding hydrogens is 318 g/mol. The van der Waals surface area contributed by atoms with Gasteiger partial charge in [0.05, 0.1) is 6.61 Å². The Morgan fingerprint density at radius 1 is 1.42 bits per heavy atom. The Morgan fingerprint density at radius 2 is 2.11 bits per heavy atom. The maximum absolute atomic E-state index is 11.6. The van der Waals surface area contributed by atoms with Gasteiger partial charge in [0.15, 0.2) is 6.10 Å². The van der Waals surface area contributed by atoms with Crippen LogP contribution >= 0.6 is 15.9 Å². The number of pyridine rings is 1. The van der Waals surface area contributed by atoms with Crippen molar-refractivity contribution in [1.82, 2.24) is 4.57 Å². The number of carbonyl (C=O) groups is 2. The number of ether oxygens (including phenoxy) is 2. The van der Waals surface area contributed by atoms with E-state index < -0.39 is 18.0 Å². The van der Waals surface area contributed by atoms with Gasteiger partial charge in [0.1, 0.15) is 6.54 Å². The molecule has 0 aliphatic rings. The fourth-order valence-electron chi connectivity index (χ4n) is 1.31. The molecule has 1 rings (SSSR count). The predicted octanol–water partition coefficient (Wildman–Crippen LogP) is 1.11. The molecule has 104 valence electrons. The van der Waals surface area contributed by atoms with Gasteiger partial charge < -0.3 is 14.0 Å². The van der Waals surface area contributed by atoms with Gasteiger partial charge in [-0.25, -0.2) is 4.79 Å². The second-order valence-corrected chi connectivity index (χ2v) is 4.61. The summed E-state index contributed by atoms with van der Waals surface area (Å²) >= 11 is 3.19. The zero-order chi connectivity index (χ0) is 14.4. The molecule has 0 aliphatic heterocycles. The van der Waals surface area contributed by atoms with Gasteiger partial charge in [0, 0.05) is 16.7 Å². The molecule has 0 saturated heterocycles. The zero-order valence-electron chi connectivity index (χ0n) is 10.6. The van der Waals surface area contributed by atoms with E-state index in [-0.39, 0.29) is 18.7 Å². The number of aromatic nitrogens is 1. The normalized spacial score (nSPS) is 11.7. The van der Waals surface area contributed by atoms with Gasteiger partial charge in [-0.05, 0) is 35.8 Å². The third kappa shape index (κ3) is 4.86. The lowest BCUT2D eigenvalue weighted by Gasteiger charge is -2.12. The molecule has 0 amide bonds. The first kappa shape index (κ1) is 15.4. The summed E-state index contributed by atoms with van der Waals surface area (Å²) in [7, 11) is 0. The lowest BCUT2D eigenvalue weighted by molar-refractivity contribution is -0.166. The van der Waals surface area contributed by atoms with Gasteiger partial charge >= 0.3 is 11.9 Å². The van der Waals surface area contributed by atoms with Crippen molar-refractivity contribution in [2.24, 2.45) is 0 Å². The number of hydrogen-bond acceptors (Lipinski definition) is 5. The molecule has 0 radical (unpaired) electrons. The maximum atomic E-state index is 11.6. The van der Waals surface area contributed by atoms with Crippen molar-refractivity contribution in [3.8, 4) is 0 Å². The van der Waals surface area contributed by atoms with Crippen molar-refractivity contribution < 1.29 is 19.1 Å². The molecule has 0 unspecified atom stereocenters. The van der Waals surface area contributed by atoms with Gasteiger partial charge in [-0.15, -0.1) is 0 Å². The average molecular weight is 332 g/mol.